The molecule has 0 N–H and O–H groups in total. The summed E-state index contributed by atoms with van der Waals surface area (Å²) in [5, 5.41) is 14.3. The average molecular weight is 896 g/mol. The van der Waals surface area contributed by atoms with E-state index in [9.17, 15) is 0 Å². The van der Waals surface area contributed by atoms with E-state index >= 15 is 0 Å². The maximum absolute atomic E-state index is 5.58. The molecule has 6 heteroatoms. The summed E-state index contributed by atoms with van der Waals surface area (Å²) in [5.41, 5.74) is 9.49. The first-order chi connectivity index (χ1) is 34.2. The zero-order valence-electron chi connectivity index (χ0n) is 37.0. The van der Waals surface area contributed by atoms with Crippen LogP contribution in [0.3, 0.4) is 0 Å². The van der Waals surface area contributed by atoms with Crippen molar-refractivity contribution in [2.45, 2.75) is 0 Å². The van der Waals surface area contributed by atoms with Gasteiger partial charge in [-0.05, 0) is 111 Å². The third-order valence-corrected chi connectivity index (χ3v) is 15.2. The summed E-state index contributed by atoms with van der Waals surface area (Å²) in [7, 11) is 0. The first-order valence-corrected chi connectivity index (χ1v) is 24.2. The third-order valence-electron chi connectivity index (χ3n) is 14.1. The van der Waals surface area contributed by atoms with Crippen LogP contribution in [0.15, 0.2) is 224 Å². The zero-order valence-corrected chi connectivity index (χ0v) is 37.8. The molecule has 0 saturated carbocycles. The highest BCUT2D eigenvalue weighted by atomic mass is 32.1. The van der Waals surface area contributed by atoms with Crippen LogP contribution >= 0.6 is 11.3 Å². The van der Waals surface area contributed by atoms with E-state index < -0.39 is 0 Å². The van der Waals surface area contributed by atoms with E-state index in [4.69, 9.17) is 15.0 Å². The summed E-state index contributed by atoms with van der Waals surface area (Å²) < 4.78 is 7.29. The highest BCUT2D eigenvalue weighted by Gasteiger charge is 2.25. The van der Waals surface area contributed by atoms with Gasteiger partial charge in [-0.1, -0.05) is 146 Å². The third kappa shape index (κ3) is 5.79. The molecule has 0 unspecified atom stereocenters. The molecule has 0 spiro atoms. The van der Waals surface area contributed by atoms with Crippen molar-refractivity contribution >= 4 is 107 Å². The van der Waals surface area contributed by atoms with Crippen molar-refractivity contribution < 1.29 is 0 Å². The molecule has 15 rings (SSSR count). The molecule has 0 bridgehead atoms. The summed E-state index contributed by atoms with van der Waals surface area (Å²) >= 11 is 1.83. The molecule has 0 amide bonds. The number of hydrogen-bond acceptors (Lipinski definition) is 4. The highest BCUT2D eigenvalue weighted by molar-refractivity contribution is 7.25. The smallest absolute Gasteiger partial charge is 0.166 e. The molecule has 0 saturated heterocycles. The van der Waals surface area contributed by atoms with Crippen molar-refractivity contribution in [2.75, 3.05) is 0 Å². The molecular formula is C63H37N5S. The second-order valence-electron chi connectivity index (χ2n) is 18.0. The van der Waals surface area contributed by atoms with Crippen LogP contribution in [0.4, 0.5) is 0 Å². The number of aromatic nitrogens is 5. The van der Waals surface area contributed by atoms with Crippen LogP contribution in [0.2, 0.25) is 0 Å². The second-order valence-corrected chi connectivity index (χ2v) is 19.0. The van der Waals surface area contributed by atoms with Crippen molar-refractivity contribution in [3.63, 3.8) is 0 Å². The summed E-state index contributed by atoms with van der Waals surface area (Å²) in [6, 6.07) is 81.0. The van der Waals surface area contributed by atoms with Gasteiger partial charge in [-0.3, -0.25) is 0 Å². The van der Waals surface area contributed by atoms with Gasteiger partial charge < -0.3 is 9.13 Å². The molecule has 0 radical (unpaired) electrons. The van der Waals surface area contributed by atoms with Crippen LogP contribution in [-0.2, 0) is 0 Å². The van der Waals surface area contributed by atoms with Gasteiger partial charge in [-0.15, -0.1) is 11.3 Å². The molecule has 0 aliphatic rings. The minimum absolute atomic E-state index is 0.610. The largest absolute Gasteiger partial charge is 0.309 e. The molecular weight excluding hydrogens is 859 g/mol. The fourth-order valence-corrected chi connectivity index (χ4v) is 12.1. The molecule has 4 aromatic heterocycles. The Morgan fingerprint density at radius 1 is 0.304 bits per heavy atom. The predicted molar refractivity (Wildman–Crippen MR) is 290 cm³/mol. The summed E-state index contributed by atoms with van der Waals surface area (Å²) in [4.78, 5) is 16.5. The SMILES string of the molecule is c1ccc(-n2c3ccccc3c3cc(-c4nc(-c5ccc6ccccc6c5)nc(-c5ccc6sc7ccccc7c6c5-n5c6cc7ccccc7cc6c6c7ccccc7ccc65)n4)ccc32)cc1. The quantitative estimate of drug-likeness (QED) is 0.173. The molecule has 320 valence electrons. The Hall–Kier alpha value is -8.97. The Balaban J connectivity index is 1.06. The second kappa shape index (κ2) is 14.8. The van der Waals surface area contributed by atoms with Crippen molar-refractivity contribution in [1.82, 2.24) is 24.1 Å². The Labute approximate surface area is 399 Å². The molecule has 4 heterocycles. The topological polar surface area (TPSA) is 48.5 Å². The van der Waals surface area contributed by atoms with E-state index in [0.717, 1.165) is 60.9 Å². The monoisotopic (exact) mass is 895 g/mol. The minimum Gasteiger partial charge on any atom is -0.309 e. The first kappa shape index (κ1) is 38.2. The van der Waals surface area contributed by atoms with Gasteiger partial charge in [0.2, 0.25) is 0 Å². The minimum atomic E-state index is 0.610. The number of para-hydroxylation sites is 2. The van der Waals surface area contributed by atoms with Crippen LogP contribution in [0.25, 0.3) is 142 Å². The predicted octanol–water partition coefficient (Wildman–Crippen LogP) is 16.9. The molecule has 5 nitrogen and oxygen atoms in total. The van der Waals surface area contributed by atoms with Crippen LogP contribution < -0.4 is 0 Å². The van der Waals surface area contributed by atoms with Crippen LogP contribution in [0, 0.1) is 0 Å². The maximum Gasteiger partial charge on any atom is 0.166 e. The lowest BCUT2D eigenvalue weighted by atomic mass is 10.0. The van der Waals surface area contributed by atoms with Crippen LogP contribution in [-0.4, -0.2) is 24.1 Å². The molecule has 15 aromatic rings. The average Bonchev–Trinajstić information content (AvgIpc) is 4.07. The number of nitrogens with zero attached hydrogens (tertiary/aromatic N) is 5. The molecule has 11 aromatic carbocycles. The highest BCUT2D eigenvalue weighted by Crippen LogP contribution is 2.47. The van der Waals surface area contributed by atoms with Gasteiger partial charge in [0.1, 0.15) is 0 Å². The Morgan fingerprint density at radius 3 is 1.72 bits per heavy atom. The van der Waals surface area contributed by atoms with E-state index in [-0.39, 0.29) is 0 Å². The summed E-state index contributed by atoms with van der Waals surface area (Å²) in [6.45, 7) is 0. The molecule has 0 aliphatic carbocycles. The number of benzene rings is 11. The fourth-order valence-electron chi connectivity index (χ4n) is 11.0. The number of fused-ring (bicyclic) bond motifs is 13. The van der Waals surface area contributed by atoms with Gasteiger partial charge in [0, 0.05) is 64.1 Å². The van der Waals surface area contributed by atoms with Crippen molar-refractivity contribution in [2.24, 2.45) is 0 Å². The van der Waals surface area contributed by atoms with E-state index in [1.165, 1.54) is 63.3 Å². The van der Waals surface area contributed by atoms with Crippen LogP contribution in [0.1, 0.15) is 0 Å². The van der Waals surface area contributed by atoms with E-state index in [0.29, 0.717) is 17.5 Å². The lowest BCUT2D eigenvalue weighted by Crippen LogP contribution is -2.04. The fraction of sp³-hybridized carbons (Fsp3) is 0. The maximum atomic E-state index is 5.58. The van der Waals surface area contributed by atoms with Crippen LogP contribution in [0.5, 0.6) is 0 Å². The normalized spacial score (nSPS) is 12.1. The number of rotatable bonds is 5. The lowest BCUT2D eigenvalue weighted by molar-refractivity contribution is 1.07. The molecule has 0 aliphatic heterocycles. The van der Waals surface area contributed by atoms with Gasteiger partial charge in [-0.2, -0.15) is 0 Å². The standard InChI is InChI=1S/C63H37N5S/c1-2-19-45(20-3-1)67-52-24-12-10-22-47(52)50-36-44(29-31-53(50)67)62-64-61(43-27-26-38-14-4-5-16-40(38)34-43)65-63(66-62)49-30-33-57-59(48-23-11-13-25-56(48)69-57)60(49)68-54-32-28-39-15-8-9-21-46(39)58(54)51-35-41-17-6-7-18-42(41)37-55(51)68/h1-37H. The summed E-state index contributed by atoms with van der Waals surface area (Å²) in [5.74, 6) is 1.84. The summed E-state index contributed by atoms with van der Waals surface area (Å²) in [6.07, 6.45) is 0. The molecule has 0 fully saturated rings. The van der Waals surface area contributed by atoms with Gasteiger partial charge in [0.25, 0.3) is 0 Å². The first-order valence-electron chi connectivity index (χ1n) is 23.3. The molecule has 0 atom stereocenters. The van der Waals surface area contributed by atoms with E-state index in [1.807, 2.05) is 11.3 Å². The number of thiophene rings is 1. The van der Waals surface area contributed by atoms with Crippen molar-refractivity contribution in [3.05, 3.63) is 224 Å². The van der Waals surface area contributed by atoms with Gasteiger partial charge in [-0.25, -0.2) is 15.0 Å². The zero-order chi connectivity index (χ0) is 45.2. The lowest BCUT2D eigenvalue weighted by Gasteiger charge is -2.17. The van der Waals surface area contributed by atoms with E-state index in [1.54, 1.807) is 0 Å². The molecule has 69 heavy (non-hydrogen) atoms. The van der Waals surface area contributed by atoms with Gasteiger partial charge in [0.15, 0.2) is 17.5 Å². The Morgan fingerprint density at radius 2 is 0.899 bits per heavy atom. The van der Waals surface area contributed by atoms with Crippen molar-refractivity contribution in [1.29, 1.82) is 0 Å². The van der Waals surface area contributed by atoms with Gasteiger partial charge in [0.05, 0.1) is 27.8 Å². The van der Waals surface area contributed by atoms with E-state index in [2.05, 4.69) is 234 Å². The van der Waals surface area contributed by atoms with Gasteiger partial charge >= 0.3 is 0 Å². The number of hydrogen-bond donors (Lipinski definition) is 0. The Kier molecular flexibility index (Phi) is 8.17. The Bertz CT molecular complexity index is 4620. The van der Waals surface area contributed by atoms with Crippen molar-refractivity contribution in [3.8, 4) is 45.5 Å².